The second-order valence-electron chi connectivity index (χ2n) is 6.60. The zero-order chi connectivity index (χ0) is 18.3. The van der Waals surface area contributed by atoms with E-state index in [-0.39, 0.29) is 11.7 Å². The minimum absolute atomic E-state index is 0.142. The Morgan fingerprint density at radius 2 is 1.77 bits per heavy atom. The van der Waals surface area contributed by atoms with Crippen LogP contribution in [-0.4, -0.2) is 22.7 Å². The lowest BCUT2D eigenvalue weighted by molar-refractivity contribution is 0.0963. The van der Waals surface area contributed by atoms with Gasteiger partial charge in [0, 0.05) is 11.4 Å². The maximum absolute atomic E-state index is 12.8. The van der Waals surface area contributed by atoms with Gasteiger partial charge in [-0.25, -0.2) is 4.68 Å². The number of fused-ring (bicyclic) bond motifs is 1. The molecule has 5 heteroatoms. The van der Waals surface area contributed by atoms with Crippen molar-refractivity contribution >= 4 is 17.4 Å². The van der Waals surface area contributed by atoms with Gasteiger partial charge >= 0.3 is 0 Å². The van der Waals surface area contributed by atoms with E-state index in [0.29, 0.717) is 11.4 Å². The van der Waals surface area contributed by atoms with Gasteiger partial charge < -0.3 is 4.74 Å². The predicted octanol–water partition coefficient (Wildman–Crippen LogP) is 4.76. The lowest BCUT2D eigenvalue weighted by Gasteiger charge is -2.23. The minimum Gasteiger partial charge on any atom is -0.497 e. The van der Waals surface area contributed by atoms with Crippen molar-refractivity contribution in [3.05, 3.63) is 76.1 Å². The molecule has 26 heavy (non-hydrogen) atoms. The van der Waals surface area contributed by atoms with E-state index in [0.717, 1.165) is 40.4 Å². The molecule has 0 saturated heterocycles. The number of hydrogen-bond donors (Lipinski definition) is 0. The second-order valence-corrected chi connectivity index (χ2v) is 7.03. The third-order valence-electron chi connectivity index (χ3n) is 4.96. The third kappa shape index (κ3) is 2.90. The lowest BCUT2D eigenvalue weighted by atomic mass is 9.81. The van der Waals surface area contributed by atoms with E-state index in [9.17, 15) is 4.79 Å². The Hall–Kier alpha value is -2.59. The van der Waals surface area contributed by atoms with E-state index < -0.39 is 0 Å². The van der Waals surface area contributed by atoms with E-state index in [2.05, 4.69) is 5.10 Å². The van der Waals surface area contributed by atoms with E-state index in [1.54, 1.807) is 7.11 Å². The molecule has 0 N–H and O–H groups in total. The van der Waals surface area contributed by atoms with Crippen LogP contribution in [0.15, 0.2) is 48.5 Å². The molecular weight excluding hydrogens is 348 g/mol. The zero-order valence-electron chi connectivity index (χ0n) is 14.7. The van der Waals surface area contributed by atoms with Crippen molar-refractivity contribution < 1.29 is 9.53 Å². The molecule has 1 atom stereocenters. The monoisotopic (exact) mass is 366 g/mol. The SMILES string of the molecule is COc1ccc([C@@H]2CC(=O)c3c(C)nn(-c4ccc(Cl)cc4)c3C2)cc1. The summed E-state index contributed by atoms with van der Waals surface area (Å²) in [6, 6.07) is 15.5. The van der Waals surface area contributed by atoms with E-state index in [1.807, 2.05) is 60.1 Å². The summed E-state index contributed by atoms with van der Waals surface area (Å²) in [6.45, 7) is 1.90. The van der Waals surface area contributed by atoms with Crippen LogP contribution >= 0.6 is 11.6 Å². The highest BCUT2D eigenvalue weighted by molar-refractivity contribution is 6.30. The summed E-state index contributed by atoms with van der Waals surface area (Å²) < 4.78 is 7.12. The summed E-state index contributed by atoms with van der Waals surface area (Å²) in [7, 11) is 1.65. The molecule has 1 aliphatic rings. The molecule has 4 nitrogen and oxygen atoms in total. The van der Waals surface area contributed by atoms with Gasteiger partial charge in [0.2, 0.25) is 0 Å². The van der Waals surface area contributed by atoms with Gasteiger partial charge in [0.05, 0.1) is 29.7 Å². The molecule has 2 aromatic carbocycles. The van der Waals surface area contributed by atoms with Gasteiger partial charge in [-0.1, -0.05) is 23.7 Å². The molecule has 0 aliphatic heterocycles. The molecule has 1 aliphatic carbocycles. The highest BCUT2D eigenvalue weighted by atomic mass is 35.5. The first-order valence-electron chi connectivity index (χ1n) is 8.58. The highest BCUT2D eigenvalue weighted by Crippen LogP contribution is 2.35. The molecule has 3 aromatic rings. The molecule has 0 amide bonds. The quantitative estimate of drug-likeness (QED) is 0.671. The van der Waals surface area contributed by atoms with Crippen LogP contribution in [0.2, 0.25) is 5.02 Å². The minimum atomic E-state index is 0.142. The fourth-order valence-electron chi connectivity index (χ4n) is 3.67. The molecule has 0 bridgehead atoms. The first-order valence-corrected chi connectivity index (χ1v) is 8.96. The fourth-order valence-corrected chi connectivity index (χ4v) is 3.79. The number of methoxy groups -OCH3 is 1. The van der Waals surface area contributed by atoms with Crippen LogP contribution in [0.4, 0.5) is 0 Å². The number of ether oxygens (including phenoxy) is 1. The fraction of sp³-hybridized carbons (Fsp3) is 0.238. The van der Waals surface area contributed by atoms with Gasteiger partial charge in [-0.15, -0.1) is 0 Å². The van der Waals surface area contributed by atoms with Gasteiger partial charge in [0.25, 0.3) is 0 Å². The van der Waals surface area contributed by atoms with Crippen molar-refractivity contribution in [2.24, 2.45) is 0 Å². The highest BCUT2D eigenvalue weighted by Gasteiger charge is 2.32. The average Bonchev–Trinajstić information content (AvgIpc) is 2.99. The first-order chi connectivity index (χ1) is 12.6. The predicted molar refractivity (Wildman–Crippen MR) is 102 cm³/mol. The third-order valence-corrected chi connectivity index (χ3v) is 5.22. The van der Waals surface area contributed by atoms with E-state index >= 15 is 0 Å². The molecule has 0 spiro atoms. The van der Waals surface area contributed by atoms with E-state index in [4.69, 9.17) is 16.3 Å². The van der Waals surface area contributed by atoms with Crippen LogP contribution in [0.25, 0.3) is 5.69 Å². The average molecular weight is 367 g/mol. The standard InChI is InChI=1S/C21H19ClN2O2/c1-13-21-19(24(23-13)17-7-5-16(22)6-8-17)11-15(12-20(21)25)14-3-9-18(26-2)10-4-14/h3-10,15H,11-12H2,1-2H3/t15-/m0/s1. The summed E-state index contributed by atoms with van der Waals surface area (Å²) in [4.78, 5) is 12.8. The van der Waals surface area contributed by atoms with Crippen LogP contribution in [0, 0.1) is 6.92 Å². The summed E-state index contributed by atoms with van der Waals surface area (Å²) in [5, 5.41) is 5.31. The summed E-state index contributed by atoms with van der Waals surface area (Å²) in [5.41, 5.74) is 4.59. The van der Waals surface area contributed by atoms with Crippen molar-refractivity contribution in [1.82, 2.24) is 9.78 Å². The van der Waals surface area contributed by atoms with Crippen LogP contribution < -0.4 is 4.74 Å². The number of aryl methyl sites for hydroxylation is 1. The molecule has 1 aromatic heterocycles. The number of ketones is 1. The Bertz CT molecular complexity index is 959. The number of carbonyl (C=O) groups is 1. The number of benzene rings is 2. The molecule has 0 saturated carbocycles. The number of aromatic nitrogens is 2. The smallest absolute Gasteiger partial charge is 0.167 e. The van der Waals surface area contributed by atoms with Gasteiger partial charge in [0.15, 0.2) is 5.78 Å². The largest absolute Gasteiger partial charge is 0.497 e. The van der Waals surface area contributed by atoms with Crippen LogP contribution in [0.1, 0.15) is 39.6 Å². The van der Waals surface area contributed by atoms with E-state index in [1.165, 1.54) is 0 Å². The van der Waals surface area contributed by atoms with Gasteiger partial charge in [0.1, 0.15) is 5.75 Å². The van der Waals surface area contributed by atoms with Gasteiger partial charge in [-0.2, -0.15) is 5.10 Å². The van der Waals surface area contributed by atoms with Crippen molar-refractivity contribution in [3.8, 4) is 11.4 Å². The molecule has 0 fully saturated rings. The number of hydrogen-bond acceptors (Lipinski definition) is 3. The molecule has 0 unspecified atom stereocenters. The molecule has 0 radical (unpaired) electrons. The van der Waals surface area contributed by atoms with Crippen molar-refractivity contribution in [3.63, 3.8) is 0 Å². The van der Waals surface area contributed by atoms with Gasteiger partial charge in [-0.05, 0) is 61.2 Å². The second kappa shape index (κ2) is 6.61. The molecular formula is C21H19ClN2O2. The van der Waals surface area contributed by atoms with Crippen LogP contribution in [0.3, 0.4) is 0 Å². The Balaban J connectivity index is 1.74. The number of carbonyl (C=O) groups excluding carboxylic acids is 1. The van der Waals surface area contributed by atoms with Gasteiger partial charge in [-0.3, -0.25) is 4.79 Å². The van der Waals surface area contributed by atoms with Crippen molar-refractivity contribution in [2.75, 3.05) is 7.11 Å². The Labute approximate surface area is 157 Å². The van der Waals surface area contributed by atoms with Crippen LogP contribution in [-0.2, 0) is 6.42 Å². The Morgan fingerprint density at radius 3 is 2.42 bits per heavy atom. The maximum atomic E-state index is 12.8. The van der Waals surface area contributed by atoms with Crippen molar-refractivity contribution in [2.45, 2.75) is 25.7 Å². The lowest BCUT2D eigenvalue weighted by Crippen LogP contribution is -2.20. The summed E-state index contributed by atoms with van der Waals surface area (Å²) in [5.74, 6) is 1.12. The number of rotatable bonds is 3. The molecule has 4 rings (SSSR count). The zero-order valence-corrected chi connectivity index (χ0v) is 15.5. The molecule has 132 valence electrons. The number of nitrogens with zero attached hydrogens (tertiary/aromatic N) is 2. The summed E-state index contributed by atoms with van der Waals surface area (Å²) >= 11 is 6.00. The number of halogens is 1. The Morgan fingerprint density at radius 1 is 1.08 bits per heavy atom. The number of Topliss-reactive ketones (excluding diaryl/α,β-unsaturated/α-hetero) is 1. The maximum Gasteiger partial charge on any atom is 0.167 e. The van der Waals surface area contributed by atoms with Crippen LogP contribution in [0.5, 0.6) is 5.75 Å². The summed E-state index contributed by atoms with van der Waals surface area (Å²) in [6.07, 6.45) is 1.28. The molecule has 1 heterocycles. The van der Waals surface area contributed by atoms with Crippen molar-refractivity contribution in [1.29, 1.82) is 0 Å². The Kier molecular flexibility index (Phi) is 4.29. The topological polar surface area (TPSA) is 44.1 Å². The first kappa shape index (κ1) is 16.9. The normalized spacial score (nSPS) is 16.4.